The molecule has 7 heteroatoms. The van der Waals surface area contributed by atoms with E-state index in [9.17, 15) is 9.59 Å². The molecule has 1 atom stereocenters. The number of rotatable bonds is 4. The minimum atomic E-state index is 0.0243. The zero-order chi connectivity index (χ0) is 17.4. The van der Waals surface area contributed by atoms with E-state index in [1.165, 1.54) is 22.2 Å². The van der Waals surface area contributed by atoms with Crippen molar-refractivity contribution in [3.63, 3.8) is 0 Å². The van der Waals surface area contributed by atoms with Crippen LogP contribution < -0.4 is 5.56 Å². The molecule has 1 aliphatic rings. The predicted molar refractivity (Wildman–Crippen MR) is 100 cm³/mol. The molecule has 0 saturated carbocycles. The maximum Gasteiger partial charge on any atom is 0.263 e. The molecule has 2 aromatic heterocycles. The molecule has 5 nitrogen and oxygen atoms in total. The van der Waals surface area contributed by atoms with E-state index in [1.54, 1.807) is 34.9 Å². The Kier molecular flexibility index (Phi) is 5.01. The second kappa shape index (κ2) is 6.88. The fourth-order valence-electron chi connectivity index (χ4n) is 3.05. The normalized spacial score (nSPS) is 17.1. The van der Waals surface area contributed by atoms with Crippen molar-refractivity contribution < 1.29 is 4.79 Å². The van der Waals surface area contributed by atoms with Crippen molar-refractivity contribution in [2.45, 2.75) is 44.8 Å². The molecule has 0 spiro atoms. The van der Waals surface area contributed by atoms with Crippen LogP contribution in [0.2, 0.25) is 0 Å². The Hall–Kier alpha value is -1.34. The first-order valence-electron chi connectivity index (χ1n) is 8.30. The number of thioether (sulfide) groups is 1. The number of hydrogen-bond donors (Lipinski definition) is 0. The number of carbonyl (C=O) groups is 1. The molecule has 3 rings (SSSR count). The monoisotopic (exact) mass is 365 g/mol. The molecule has 0 aromatic carbocycles. The summed E-state index contributed by atoms with van der Waals surface area (Å²) in [5.74, 6) is 0.995. The topological polar surface area (TPSA) is 55.2 Å². The third-order valence-electron chi connectivity index (χ3n) is 4.52. The van der Waals surface area contributed by atoms with Crippen LogP contribution in [0.25, 0.3) is 10.2 Å². The highest BCUT2D eigenvalue weighted by Gasteiger charge is 2.24. The Morgan fingerprint density at radius 1 is 1.46 bits per heavy atom. The van der Waals surface area contributed by atoms with Crippen LogP contribution in [0.15, 0.2) is 9.95 Å². The minimum absolute atomic E-state index is 0.0243. The van der Waals surface area contributed by atoms with E-state index in [0.29, 0.717) is 23.4 Å². The Morgan fingerprint density at radius 2 is 2.21 bits per heavy atom. The number of fused-ring (bicyclic) bond motifs is 3. The molecule has 2 heterocycles. The summed E-state index contributed by atoms with van der Waals surface area (Å²) in [5.41, 5.74) is 1.27. The Labute approximate surface area is 150 Å². The highest BCUT2D eigenvalue weighted by atomic mass is 32.2. The largest absolute Gasteiger partial charge is 0.348 e. The molecular formula is C17H23N3O2S2. The first kappa shape index (κ1) is 17.5. The lowest BCUT2D eigenvalue weighted by molar-refractivity contribution is -0.125. The van der Waals surface area contributed by atoms with Crippen molar-refractivity contribution in [1.29, 1.82) is 0 Å². The van der Waals surface area contributed by atoms with Gasteiger partial charge in [-0.15, -0.1) is 11.3 Å². The van der Waals surface area contributed by atoms with E-state index in [2.05, 4.69) is 6.92 Å². The summed E-state index contributed by atoms with van der Waals surface area (Å²) in [4.78, 5) is 33.3. The first-order valence-corrected chi connectivity index (χ1v) is 10.1. The van der Waals surface area contributed by atoms with Crippen LogP contribution in [-0.2, 0) is 24.2 Å². The van der Waals surface area contributed by atoms with Gasteiger partial charge in [0, 0.05) is 25.5 Å². The lowest BCUT2D eigenvalue weighted by Crippen LogP contribution is -2.26. The molecule has 1 aliphatic carbocycles. The molecule has 2 aromatic rings. The molecule has 0 fully saturated rings. The van der Waals surface area contributed by atoms with Gasteiger partial charge < -0.3 is 4.90 Å². The van der Waals surface area contributed by atoms with Crippen LogP contribution in [-0.4, -0.2) is 40.2 Å². The summed E-state index contributed by atoms with van der Waals surface area (Å²) < 4.78 is 1.71. The number of carbonyl (C=O) groups excluding carboxylic acids is 1. The molecule has 0 N–H and O–H groups in total. The number of aromatic nitrogens is 2. The SMILES string of the molecule is CCn1c(SCC(=O)N(C)C)nc2sc3c(c2c1=O)CC[C@@H](C)C3. The number of thiophene rings is 1. The van der Waals surface area contributed by atoms with Crippen molar-refractivity contribution in [2.75, 3.05) is 19.8 Å². The van der Waals surface area contributed by atoms with Crippen LogP contribution in [0.1, 0.15) is 30.7 Å². The van der Waals surface area contributed by atoms with Gasteiger partial charge in [-0.2, -0.15) is 0 Å². The summed E-state index contributed by atoms with van der Waals surface area (Å²) in [7, 11) is 3.47. The highest BCUT2D eigenvalue weighted by molar-refractivity contribution is 7.99. The summed E-state index contributed by atoms with van der Waals surface area (Å²) in [6.07, 6.45) is 3.16. The molecule has 1 amide bonds. The third kappa shape index (κ3) is 3.11. The Balaban J connectivity index is 2.05. The van der Waals surface area contributed by atoms with E-state index < -0.39 is 0 Å². The van der Waals surface area contributed by atoms with Crippen LogP contribution in [0, 0.1) is 5.92 Å². The average molecular weight is 366 g/mol. The molecular weight excluding hydrogens is 342 g/mol. The van der Waals surface area contributed by atoms with Crippen molar-refractivity contribution in [2.24, 2.45) is 5.92 Å². The van der Waals surface area contributed by atoms with Gasteiger partial charge in [0.05, 0.1) is 11.1 Å². The zero-order valence-corrected chi connectivity index (χ0v) is 16.2. The third-order valence-corrected chi connectivity index (χ3v) is 6.63. The fraction of sp³-hybridized carbons (Fsp3) is 0.588. The van der Waals surface area contributed by atoms with Crippen molar-refractivity contribution in [1.82, 2.24) is 14.5 Å². The van der Waals surface area contributed by atoms with E-state index in [-0.39, 0.29) is 11.5 Å². The maximum atomic E-state index is 13.0. The Morgan fingerprint density at radius 3 is 2.88 bits per heavy atom. The van der Waals surface area contributed by atoms with Crippen molar-refractivity contribution in [3.8, 4) is 0 Å². The van der Waals surface area contributed by atoms with Gasteiger partial charge in [-0.25, -0.2) is 4.98 Å². The van der Waals surface area contributed by atoms with Gasteiger partial charge in [0.15, 0.2) is 5.16 Å². The van der Waals surface area contributed by atoms with E-state index >= 15 is 0 Å². The van der Waals surface area contributed by atoms with Gasteiger partial charge in [0.25, 0.3) is 5.56 Å². The van der Waals surface area contributed by atoms with Crippen LogP contribution >= 0.6 is 23.1 Å². The molecule has 24 heavy (non-hydrogen) atoms. The fourth-order valence-corrected chi connectivity index (χ4v) is 5.51. The zero-order valence-electron chi connectivity index (χ0n) is 14.6. The number of aryl methyl sites for hydroxylation is 1. The number of hydrogen-bond acceptors (Lipinski definition) is 5. The predicted octanol–water partition coefficient (Wildman–Crippen LogP) is 2.78. The number of nitrogens with zero attached hydrogens (tertiary/aromatic N) is 3. The summed E-state index contributed by atoms with van der Waals surface area (Å²) >= 11 is 3.01. The molecule has 0 radical (unpaired) electrons. The van der Waals surface area contributed by atoms with Gasteiger partial charge in [0.2, 0.25) is 5.91 Å². The number of amides is 1. The molecule has 0 aliphatic heterocycles. The Bertz CT molecular complexity index is 838. The lowest BCUT2D eigenvalue weighted by atomic mass is 9.89. The van der Waals surface area contributed by atoms with Gasteiger partial charge in [-0.3, -0.25) is 14.2 Å². The molecule has 0 bridgehead atoms. The summed E-state index contributed by atoms with van der Waals surface area (Å²) in [6, 6.07) is 0. The van der Waals surface area contributed by atoms with Crippen molar-refractivity contribution in [3.05, 3.63) is 20.8 Å². The minimum Gasteiger partial charge on any atom is -0.348 e. The summed E-state index contributed by atoms with van der Waals surface area (Å²) in [6.45, 7) is 4.79. The van der Waals surface area contributed by atoms with Crippen LogP contribution in [0.3, 0.4) is 0 Å². The molecule has 0 saturated heterocycles. The average Bonchev–Trinajstić information content (AvgIpc) is 2.89. The quantitative estimate of drug-likeness (QED) is 0.618. The van der Waals surface area contributed by atoms with Gasteiger partial charge in [0.1, 0.15) is 4.83 Å². The smallest absolute Gasteiger partial charge is 0.263 e. The molecule has 0 unspecified atom stereocenters. The standard InChI is InChI=1S/C17H23N3O2S2/c1-5-20-16(22)14-11-7-6-10(2)8-12(11)24-15(14)18-17(20)23-9-13(21)19(3)4/h10H,5-9H2,1-4H3/t10-/m1/s1. The van der Waals surface area contributed by atoms with E-state index in [0.717, 1.165) is 29.5 Å². The van der Waals surface area contributed by atoms with Gasteiger partial charge >= 0.3 is 0 Å². The van der Waals surface area contributed by atoms with Crippen LogP contribution in [0.5, 0.6) is 0 Å². The second-order valence-corrected chi connectivity index (χ2v) is 8.58. The second-order valence-electron chi connectivity index (χ2n) is 6.55. The van der Waals surface area contributed by atoms with Crippen LogP contribution in [0.4, 0.5) is 0 Å². The van der Waals surface area contributed by atoms with Gasteiger partial charge in [-0.1, -0.05) is 18.7 Å². The van der Waals surface area contributed by atoms with Gasteiger partial charge in [-0.05, 0) is 37.7 Å². The molecule has 130 valence electrons. The van der Waals surface area contributed by atoms with E-state index in [4.69, 9.17) is 4.98 Å². The summed E-state index contributed by atoms with van der Waals surface area (Å²) in [5, 5.41) is 1.46. The highest BCUT2D eigenvalue weighted by Crippen LogP contribution is 2.36. The maximum absolute atomic E-state index is 13.0. The first-order chi connectivity index (χ1) is 11.4. The van der Waals surface area contributed by atoms with Crippen molar-refractivity contribution >= 4 is 39.2 Å². The van der Waals surface area contributed by atoms with E-state index in [1.807, 2.05) is 6.92 Å². The lowest BCUT2D eigenvalue weighted by Gasteiger charge is -2.17.